The van der Waals surface area contributed by atoms with E-state index in [1.807, 2.05) is 48.2 Å². The third kappa shape index (κ3) is 6.47. The van der Waals surface area contributed by atoms with E-state index in [9.17, 15) is 14.4 Å². The van der Waals surface area contributed by atoms with Gasteiger partial charge in [0.05, 0.1) is 42.4 Å². The maximum Gasteiger partial charge on any atom is 0.319 e. The van der Waals surface area contributed by atoms with Crippen molar-refractivity contribution < 1.29 is 23.0 Å². The summed E-state index contributed by atoms with van der Waals surface area (Å²) in [5.74, 6) is -0.906. The summed E-state index contributed by atoms with van der Waals surface area (Å²) in [4.78, 5) is 38.3. The number of fused-ring (bicyclic) bond motifs is 2. The highest BCUT2D eigenvalue weighted by Crippen LogP contribution is 2.36. The number of methoxy groups -OCH3 is 1. The maximum atomic E-state index is 16.7. The molecule has 3 aromatic heterocycles. The van der Waals surface area contributed by atoms with Crippen molar-refractivity contribution in [3.8, 4) is 23.3 Å². The lowest BCUT2D eigenvalue weighted by Crippen LogP contribution is -2.55. The van der Waals surface area contributed by atoms with Crippen molar-refractivity contribution in [1.82, 2.24) is 29.8 Å². The number of anilines is 1. The van der Waals surface area contributed by atoms with Crippen LogP contribution < -0.4 is 9.64 Å². The van der Waals surface area contributed by atoms with E-state index in [4.69, 9.17) is 9.47 Å². The van der Waals surface area contributed by atoms with Crippen LogP contribution in [0.1, 0.15) is 23.5 Å². The highest BCUT2D eigenvalue weighted by Gasteiger charge is 2.32. The number of hydrogen-bond donors (Lipinski definition) is 0. The Kier molecular flexibility index (Phi) is 9.45. The van der Waals surface area contributed by atoms with Crippen LogP contribution in [0.2, 0.25) is 0 Å². The number of aromatic nitrogens is 5. The number of rotatable bonds is 9. The number of pyridine rings is 1. The zero-order valence-electron chi connectivity index (χ0n) is 26.7. The van der Waals surface area contributed by atoms with Gasteiger partial charge in [0, 0.05) is 44.6 Å². The van der Waals surface area contributed by atoms with Crippen LogP contribution in [0.4, 0.5) is 14.6 Å². The number of carbonyl (C=O) groups is 1. The van der Waals surface area contributed by atoms with E-state index in [2.05, 4.69) is 31.0 Å². The highest BCUT2D eigenvalue weighted by molar-refractivity contribution is 6.00. The largest absolute Gasteiger partial charge is 0.455 e. The quantitative estimate of drug-likeness (QED) is 0.195. The standard InChI is InChI=1S/C35H32F2N8O3/c1-21-7-4-8-23-9-5-10-25(30(21)23)32-31(37)33-26(17-40-32)34(43-35(42-33)48-20-28-39-18-27(36)22(2)41-28)44-14-15-45(24(19-44)12-13-38)29(46)11-6-16-47-3/h4-11,17-18,24H,12,14-16,19-20H2,1-3H3/b11-6+/t24-/m0/s1. The number of benzene rings is 2. The average molecular weight is 651 g/mol. The Labute approximate surface area is 275 Å². The molecule has 0 spiro atoms. The first kappa shape index (κ1) is 32.3. The fourth-order valence-electron chi connectivity index (χ4n) is 5.90. The van der Waals surface area contributed by atoms with Crippen LogP contribution in [0.5, 0.6) is 6.01 Å². The predicted octanol–water partition coefficient (Wildman–Crippen LogP) is 5.24. The minimum Gasteiger partial charge on any atom is -0.455 e. The van der Waals surface area contributed by atoms with Crippen LogP contribution in [0.25, 0.3) is 32.9 Å². The first-order valence-corrected chi connectivity index (χ1v) is 15.3. The van der Waals surface area contributed by atoms with Gasteiger partial charge >= 0.3 is 6.01 Å². The zero-order chi connectivity index (χ0) is 33.8. The lowest BCUT2D eigenvalue weighted by Gasteiger charge is -2.41. The lowest BCUT2D eigenvalue weighted by atomic mass is 9.97. The summed E-state index contributed by atoms with van der Waals surface area (Å²) in [6.45, 7) is 4.44. The second kappa shape index (κ2) is 14.0. The molecule has 2 aromatic carbocycles. The van der Waals surface area contributed by atoms with Gasteiger partial charge in [0.2, 0.25) is 5.91 Å². The number of carbonyl (C=O) groups excluding carboxylic acids is 1. The van der Waals surface area contributed by atoms with Gasteiger partial charge in [-0.05, 0) is 30.2 Å². The fourth-order valence-corrected chi connectivity index (χ4v) is 5.90. The Balaban J connectivity index is 1.43. The summed E-state index contributed by atoms with van der Waals surface area (Å²) in [5, 5.41) is 11.8. The molecule has 0 aliphatic carbocycles. The summed E-state index contributed by atoms with van der Waals surface area (Å²) < 4.78 is 41.4. The molecule has 6 rings (SSSR count). The van der Waals surface area contributed by atoms with Crippen LogP contribution in [0.15, 0.2) is 60.9 Å². The molecule has 0 bridgehead atoms. The molecule has 1 aliphatic heterocycles. The van der Waals surface area contributed by atoms with Crippen LogP contribution >= 0.6 is 0 Å². The van der Waals surface area contributed by atoms with Crippen LogP contribution in [-0.2, 0) is 16.1 Å². The Morgan fingerprint density at radius 3 is 2.67 bits per heavy atom. The van der Waals surface area contributed by atoms with E-state index in [-0.39, 0.29) is 67.4 Å². The van der Waals surface area contributed by atoms with Gasteiger partial charge < -0.3 is 19.3 Å². The molecule has 1 saturated heterocycles. The van der Waals surface area contributed by atoms with Crippen molar-refractivity contribution in [1.29, 1.82) is 5.26 Å². The third-order valence-electron chi connectivity index (χ3n) is 8.23. The van der Waals surface area contributed by atoms with Crippen molar-refractivity contribution in [2.75, 3.05) is 38.3 Å². The van der Waals surface area contributed by atoms with Gasteiger partial charge in [0.15, 0.2) is 24.1 Å². The summed E-state index contributed by atoms with van der Waals surface area (Å²) in [7, 11) is 1.54. The van der Waals surface area contributed by atoms with Gasteiger partial charge in [-0.25, -0.2) is 18.7 Å². The molecule has 1 amide bonds. The van der Waals surface area contributed by atoms with Gasteiger partial charge in [-0.15, -0.1) is 0 Å². The molecule has 0 N–H and O–H groups in total. The number of nitrogens with zero attached hydrogens (tertiary/aromatic N) is 8. The van der Waals surface area contributed by atoms with E-state index in [1.165, 1.54) is 20.1 Å². The van der Waals surface area contributed by atoms with Gasteiger partial charge in [-0.3, -0.25) is 9.78 Å². The third-order valence-corrected chi connectivity index (χ3v) is 8.23. The van der Waals surface area contributed by atoms with E-state index in [0.717, 1.165) is 22.5 Å². The van der Waals surface area contributed by atoms with Crippen molar-refractivity contribution in [2.24, 2.45) is 0 Å². The minimum atomic E-state index is -0.656. The monoisotopic (exact) mass is 650 g/mol. The smallest absolute Gasteiger partial charge is 0.319 e. The molecular weight excluding hydrogens is 618 g/mol. The predicted molar refractivity (Wildman–Crippen MR) is 175 cm³/mol. The zero-order valence-corrected chi connectivity index (χ0v) is 26.7. The lowest BCUT2D eigenvalue weighted by molar-refractivity contribution is -0.128. The molecule has 0 unspecified atom stereocenters. The van der Waals surface area contributed by atoms with E-state index in [1.54, 1.807) is 17.2 Å². The molecule has 13 heteroatoms. The van der Waals surface area contributed by atoms with Gasteiger partial charge in [-0.2, -0.15) is 15.2 Å². The molecule has 244 valence electrons. The molecule has 0 radical (unpaired) electrons. The van der Waals surface area contributed by atoms with E-state index in [0.29, 0.717) is 23.3 Å². The van der Waals surface area contributed by atoms with Crippen LogP contribution in [-0.4, -0.2) is 75.1 Å². The summed E-state index contributed by atoms with van der Waals surface area (Å²) >= 11 is 0. The molecule has 0 saturated carbocycles. The number of aryl methyl sites for hydroxylation is 2. The second-order valence-electron chi connectivity index (χ2n) is 11.4. The summed E-state index contributed by atoms with van der Waals surface area (Å²) in [6.07, 6.45) is 5.73. The number of hydrogen-bond acceptors (Lipinski definition) is 10. The molecule has 5 aromatic rings. The van der Waals surface area contributed by atoms with Gasteiger partial charge in [0.25, 0.3) is 0 Å². The first-order valence-electron chi connectivity index (χ1n) is 15.3. The van der Waals surface area contributed by atoms with Gasteiger partial charge in [-0.1, -0.05) is 42.5 Å². The Bertz CT molecular complexity index is 2080. The van der Waals surface area contributed by atoms with Gasteiger partial charge in [0.1, 0.15) is 17.0 Å². The summed E-state index contributed by atoms with van der Waals surface area (Å²) in [5.41, 5.74) is 1.85. The van der Waals surface area contributed by atoms with Crippen molar-refractivity contribution >= 4 is 33.4 Å². The van der Waals surface area contributed by atoms with E-state index < -0.39 is 17.7 Å². The van der Waals surface area contributed by atoms with E-state index >= 15 is 4.39 Å². The van der Waals surface area contributed by atoms with Crippen molar-refractivity contribution in [3.05, 3.63) is 89.7 Å². The Hall–Kier alpha value is -5.61. The average Bonchev–Trinajstić information content (AvgIpc) is 3.09. The normalized spacial score (nSPS) is 15.0. The van der Waals surface area contributed by atoms with Crippen LogP contribution in [0, 0.1) is 36.8 Å². The molecule has 1 aliphatic rings. The number of halogens is 2. The molecule has 1 fully saturated rings. The topological polar surface area (TPSA) is 130 Å². The highest BCUT2D eigenvalue weighted by atomic mass is 19.1. The molecule has 11 nitrogen and oxygen atoms in total. The summed E-state index contributed by atoms with van der Waals surface area (Å²) in [6, 6.07) is 13.1. The fraction of sp³-hybridized carbons (Fsp3) is 0.286. The molecule has 4 heterocycles. The van der Waals surface area contributed by atoms with Crippen LogP contribution in [0.3, 0.4) is 0 Å². The van der Waals surface area contributed by atoms with Crippen molar-refractivity contribution in [2.45, 2.75) is 32.9 Å². The number of amides is 1. The first-order chi connectivity index (χ1) is 23.3. The molecule has 48 heavy (non-hydrogen) atoms. The number of nitriles is 1. The molecule has 1 atom stereocenters. The molecular formula is C35H32F2N8O3. The SMILES string of the molecule is COC/C=C/C(=O)N1CCN(c2nc(OCc3ncc(F)c(C)n3)nc3c(F)c(-c4cccc5cccc(C)c45)ncc23)C[C@@H]1CC#N. The van der Waals surface area contributed by atoms with Crippen molar-refractivity contribution in [3.63, 3.8) is 0 Å². The second-order valence-corrected chi connectivity index (χ2v) is 11.4. The maximum absolute atomic E-state index is 16.7. The number of ether oxygens (including phenoxy) is 2. The Morgan fingerprint density at radius 2 is 1.90 bits per heavy atom. The Morgan fingerprint density at radius 1 is 1.08 bits per heavy atom. The number of piperazine rings is 1. The minimum absolute atomic E-state index is 0.0142.